The molecule has 2 aromatic rings. The molecule has 3 rings (SSSR count). The van der Waals surface area contributed by atoms with Crippen LogP contribution in [0.2, 0.25) is 5.15 Å². The van der Waals surface area contributed by atoms with Crippen LogP contribution in [-0.4, -0.2) is 46.0 Å². The number of nitrogens with one attached hydrogen (secondary N) is 1. The molecule has 0 aromatic carbocycles. The van der Waals surface area contributed by atoms with Gasteiger partial charge >= 0.3 is 0 Å². The van der Waals surface area contributed by atoms with Gasteiger partial charge in [-0.1, -0.05) is 11.6 Å². The van der Waals surface area contributed by atoms with Crippen molar-refractivity contribution in [1.82, 2.24) is 24.5 Å². The molecule has 0 unspecified atom stereocenters. The molecule has 1 N–H and O–H groups in total. The van der Waals surface area contributed by atoms with E-state index in [1.807, 2.05) is 6.92 Å². The fraction of sp³-hybridized carbons (Fsp3) is 0.462. The molecule has 1 fully saturated rings. The highest BCUT2D eigenvalue weighted by Crippen LogP contribution is 2.28. The van der Waals surface area contributed by atoms with Crippen LogP contribution < -0.4 is 0 Å². The summed E-state index contributed by atoms with van der Waals surface area (Å²) in [5.41, 5.74) is 0. The zero-order valence-electron chi connectivity index (χ0n) is 12.0. The topological polar surface area (TPSA) is 91.8 Å². The van der Waals surface area contributed by atoms with E-state index < -0.39 is 10.0 Å². The smallest absolute Gasteiger partial charge is 0.244 e. The first-order valence-electron chi connectivity index (χ1n) is 6.97. The Morgan fingerprint density at radius 3 is 2.59 bits per heavy atom. The fourth-order valence-corrected chi connectivity index (χ4v) is 4.09. The van der Waals surface area contributed by atoms with Crippen molar-refractivity contribution in [2.45, 2.75) is 30.6 Å². The molecular weight excluding hydrogens is 326 g/mol. The van der Waals surface area contributed by atoms with Crippen molar-refractivity contribution in [3.8, 4) is 0 Å². The second-order valence-corrected chi connectivity index (χ2v) is 7.60. The van der Waals surface area contributed by atoms with E-state index in [1.165, 1.54) is 22.6 Å². The Kier molecular flexibility index (Phi) is 4.16. The van der Waals surface area contributed by atoms with E-state index in [4.69, 9.17) is 11.6 Å². The largest absolute Gasteiger partial charge is 0.263 e. The van der Waals surface area contributed by atoms with Gasteiger partial charge in [0, 0.05) is 25.2 Å². The van der Waals surface area contributed by atoms with Gasteiger partial charge in [-0.15, -0.1) is 0 Å². The molecule has 22 heavy (non-hydrogen) atoms. The van der Waals surface area contributed by atoms with Gasteiger partial charge in [0.25, 0.3) is 0 Å². The highest BCUT2D eigenvalue weighted by atomic mass is 35.5. The van der Waals surface area contributed by atoms with Gasteiger partial charge in [0.1, 0.15) is 15.9 Å². The third-order valence-corrected chi connectivity index (χ3v) is 5.88. The van der Waals surface area contributed by atoms with Crippen LogP contribution in [0.4, 0.5) is 0 Å². The Morgan fingerprint density at radius 2 is 2.05 bits per heavy atom. The maximum absolute atomic E-state index is 12.6. The first-order chi connectivity index (χ1) is 10.5. The lowest BCUT2D eigenvalue weighted by molar-refractivity contribution is 0.313. The van der Waals surface area contributed by atoms with Gasteiger partial charge in [0.2, 0.25) is 10.0 Å². The summed E-state index contributed by atoms with van der Waals surface area (Å²) in [6.07, 6.45) is 2.71. The molecule has 1 saturated heterocycles. The van der Waals surface area contributed by atoms with E-state index in [1.54, 1.807) is 0 Å². The number of pyridine rings is 1. The van der Waals surface area contributed by atoms with E-state index in [-0.39, 0.29) is 16.0 Å². The van der Waals surface area contributed by atoms with Crippen molar-refractivity contribution in [3.63, 3.8) is 0 Å². The summed E-state index contributed by atoms with van der Waals surface area (Å²) in [6, 6.07) is 2.97. The van der Waals surface area contributed by atoms with Gasteiger partial charge in [-0.05, 0) is 31.9 Å². The number of aryl methyl sites for hydroxylation is 1. The first kappa shape index (κ1) is 15.4. The standard InChI is InChI=1S/C13H16ClN5O2S/c1-9-16-13(18-17-9)10-4-6-19(7-5-10)22(20,21)11-2-3-12(14)15-8-11/h2-3,8,10H,4-7H2,1H3,(H,16,17,18). The third-order valence-electron chi connectivity index (χ3n) is 3.77. The van der Waals surface area contributed by atoms with Gasteiger partial charge in [-0.3, -0.25) is 5.10 Å². The van der Waals surface area contributed by atoms with Crippen molar-refractivity contribution in [3.05, 3.63) is 35.1 Å². The summed E-state index contributed by atoms with van der Waals surface area (Å²) in [6.45, 7) is 2.75. The average Bonchev–Trinajstić information content (AvgIpc) is 2.94. The second kappa shape index (κ2) is 5.94. The van der Waals surface area contributed by atoms with Crippen molar-refractivity contribution >= 4 is 21.6 Å². The lowest BCUT2D eigenvalue weighted by Gasteiger charge is -2.29. The molecule has 0 amide bonds. The molecule has 1 aliphatic rings. The minimum absolute atomic E-state index is 0.170. The Hall–Kier alpha value is -1.51. The average molecular weight is 342 g/mol. The molecule has 7 nitrogen and oxygen atoms in total. The van der Waals surface area contributed by atoms with Crippen molar-refractivity contribution < 1.29 is 8.42 Å². The van der Waals surface area contributed by atoms with Crippen LogP contribution >= 0.6 is 11.6 Å². The van der Waals surface area contributed by atoms with Crippen LogP contribution in [-0.2, 0) is 10.0 Å². The predicted molar refractivity (Wildman–Crippen MR) is 81.1 cm³/mol. The molecule has 0 atom stereocenters. The van der Waals surface area contributed by atoms with Crippen molar-refractivity contribution in [2.75, 3.05) is 13.1 Å². The molecule has 118 valence electrons. The van der Waals surface area contributed by atoms with Crippen molar-refractivity contribution in [2.24, 2.45) is 0 Å². The summed E-state index contributed by atoms with van der Waals surface area (Å²) >= 11 is 5.70. The number of aromatic amines is 1. The number of hydrogen-bond donors (Lipinski definition) is 1. The van der Waals surface area contributed by atoms with Crippen LogP contribution in [0.5, 0.6) is 0 Å². The number of nitrogens with zero attached hydrogens (tertiary/aromatic N) is 4. The zero-order valence-corrected chi connectivity index (χ0v) is 13.6. The maximum atomic E-state index is 12.6. The van der Waals surface area contributed by atoms with Gasteiger partial charge in [-0.25, -0.2) is 18.4 Å². The number of halogens is 1. The minimum Gasteiger partial charge on any atom is -0.263 e. The highest BCUT2D eigenvalue weighted by Gasteiger charge is 2.31. The monoisotopic (exact) mass is 341 g/mol. The summed E-state index contributed by atoms with van der Waals surface area (Å²) in [5, 5.41) is 7.27. The third kappa shape index (κ3) is 2.99. The number of H-pyrrole nitrogens is 1. The Labute approximate surface area is 133 Å². The molecule has 0 saturated carbocycles. The van der Waals surface area contributed by atoms with Gasteiger partial charge < -0.3 is 0 Å². The van der Waals surface area contributed by atoms with Crippen LogP contribution in [0.3, 0.4) is 0 Å². The number of hydrogen-bond acceptors (Lipinski definition) is 5. The molecule has 2 aromatic heterocycles. The van der Waals surface area contributed by atoms with Gasteiger partial charge in [0.15, 0.2) is 5.82 Å². The number of sulfonamides is 1. The normalized spacial score (nSPS) is 17.7. The molecule has 9 heteroatoms. The van der Waals surface area contributed by atoms with Crippen LogP contribution in [0.15, 0.2) is 23.2 Å². The molecule has 0 radical (unpaired) electrons. The Balaban J connectivity index is 1.71. The Bertz CT molecular complexity index is 751. The van der Waals surface area contributed by atoms with E-state index in [0.29, 0.717) is 25.9 Å². The molecule has 1 aliphatic heterocycles. The molecule has 0 spiro atoms. The summed E-state index contributed by atoms with van der Waals surface area (Å²) in [5.74, 6) is 1.74. The second-order valence-electron chi connectivity index (χ2n) is 5.27. The first-order valence-corrected chi connectivity index (χ1v) is 8.79. The van der Waals surface area contributed by atoms with Crippen LogP contribution in [0.25, 0.3) is 0 Å². The summed E-state index contributed by atoms with van der Waals surface area (Å²) in [7, 11) is -3.52. The lowest BCUT2D eigenvalue weighted by Crippen LogP contribution is -2.38. The minimum atomic E-state index is -3.52. The van der Waals surface area contributed by atoms with Gasteiger partial charge in [-0.2, -0.15) is 9.40 Å². The zero-order chi connectivity index (χ0) is 15.7. The summed E-state index contributed by atoms with van der Waals surface area (Å²) in [4.78, 5) is 8.34. The molecule has 0 aliphatic carbocycles. The lowest BCUT2D eigenvalue weighted by atomic mass is 9.98. The summed E-state index contributed by atoms with van der Waals surface area (Å²) < 4.78 is 26.6. The highest BCUT2D eigenvalue weighted by molar-refractivity contribution is 7.89. The molecular formula is C13H16ClN5O2S. The van der Waals surface area contributed by atoms with Gasteiger partial charge in [0.05, 0.1) is 0 Å². The fourth-order valence-electron chi connectivity index (χ4n) is 2.56. The maximum Gasteiger partial charge on any atom is 0.244 e. The van der Waals surface area contributed by atoms with E-state index >= 15 is 0 Å². The predicted octanol–water partition coefficient (Wildman–Crippen LogP) is 1.73. The van der Waals surface area contributed by atoms with Crippen LogP contribution in [0.1, 0.15) is 30.4 Å². The number of aromatic nitrogens is 4. The van der Waals surface area contributed by atoms with Crippen LogP contribution in [0, 0.1) is 6.92 Å². The van der Waals surface area contributed by atoms with E-state index in [2.05, 4.69) is 20.2 Å². The molecule has 0 bridgehead atoms. The van der Waals surface area contributed by atoms with Crippen molar-refractivity contribution in [1.29, 1.82) is 0 Å². The van der Waals surface area contributed by atoms with E-state index in [9.17, 15) is 8.42 Å². The van der Waals surface area contributed by atoms with E-state index in [0.717, 1.165) is 11.6 Å². The quantitative estimate of drug-likeness (QED) is 0.858. The Morgan fingerprint density at radius 1 is 1.32 bits per heavy atom. The molecule has 3 heterocycles. The number of rotatable bonds is 3. The SMILES string of the molecule is Cc1nc(C2CCN(S(=O)(=O)c3ccc(Cl)nc3)CC2)n[nH]1. The number of piperidine rings is 1.